The second-order valence-electron chi connectivity index (χ2n) is 4.07. The lowest BCUT2D eigenvalue weighted by Crippen LogP contribution is -2.42. The van der Waals surface area contributed by atoms with E-state index in [0.717, 1.165) is 19.4 Å². The van der Waals surface area contributed by atoms with E-state index in [4.69, 9.17) is 5.11 Å². The number of hydrogen-bond donors (Lipinski definition) is 1. The molecule has 68 valence electrons. The third kappa shape index (κ3) is 0.829. The number of aliphatic hydroxyl groups excluding tert-OH is 1. The maximum atomic E-state index is 11.4. The SMILES string of the molecule is C[C@@]12CCC(=O)N1CC[C@H]2CO. The van der Waals surface area contributed by atoms with Crippen molar-refractivity contribution in [2.75, 3.05) is 13.2 Å². The van der Waals surface area contributed by atoms with Crippen LogP contribution in [-0.2, 0) is 4.79 Å². The Morgan fingerprint density at radius 3 is 3.17 bits per heavy atom. The molecule has 3 heteroatoms. The molecule has 0 aliphatic carbocycles. The molecule has 0 aromatic heterocycles. The molecule has 0 spiro atoms. The van der Waals surface area contributed by atoms with Crippen molar-refractivity contribution in [2.45, 2.75) is 31.7 Å². The molecular weight excluding hydrogens is 154 g/mol. The lowest BCUT2D eigenvalue weighted by molar-refractivity contribution is -0.129. The first kappa shape index (κ1) is 8.05. The molecule has 0 unspecified atom stereocenters. The topological polar surface area (TPSA) is 40.5 Å². The predicted molar refractivity (Wildman–Crippen MR) is 44.5 cm³/mol. The lowest BCUT2D eigenvalue weighted by Gasteiger charge is -2.32. The third-order valence-electron chi connectivity index (χ3n) is 3.56. The summed E-state index contributed by atoms with van der Waals surface area (Å²) in [5.41, 5.74) is -0.0220. The quantitative estimate of drug-likeness (QED) is 0.616. The minimum atomic E-state index is -0.0220. The largest absolute Gasteiger partial charge is 0.396 e. The van der Waals surface area contributed by atoms with E-state index in [1.807, 2.05) is 4.90 Å². The Morgan fingerprint density at radius 1 is 1.75 bits per heavy atom. The molecule has 2 saturated heterocycles. The van der Waals surface area contributed by atoms with Crippen molar-refractivity contribution in [1.82, 2.24) is 4.90 Å². The van der Waals surface area contributed by atoms with Gasteiger partial charge >= 0.3 is 0 Å². The number of fused-ring (bicyclic) bond motifs is 1. The van der Waals surface area contributed by atoms with E-state index >= 15 is 0 Å². The average Bonchev–Trinajstić information content (AvgIpc) is 2.50. The van der Waals surface area contributed by atoms with Crippen LogP contribution in [0.25, 0.3) is 0 Å². The average molecular weight is 169 g/mol. The first-order chi connectivity index (χ1) is 5.68. The fourth-order valence-electron chi connectivity index (χ4n) is 2.60. The zero-order valence-corrected chi connectivity index (χ0v) is 7.42. The van der Waals surface area contributed by atoms with Crippen molar-refractivity contribution in [3.63, 3.8) is 0 Å². The van der Waals surface area contributed by atoms with Gasteiger partial charge in [0.05, 0.1) is 0 Å². The van der Waals surface area contributed by atoms with Gasteiger partial charge in [0.2, 0.25) is 5.91 Å². The second-order valence-corrected chi connectivity index (χ2v) is 4.07. The van der Waals surface area contributed by atoms with Crippen molar-refractivity contribution in [1.29, 1.82) is 0 Å². The van der Waals surface area contributed by atoms with E-state index in [1.165, 1.54) is 0 Å². The highest BCUT2D eigenvalue weighted by Gasteiger charge is 2.50. The van der Waals surface area contributed by atoms with Crippen molar-refractivity contribution in [2.24, 2.45) is 5.92 Å². The molecule has 3 nitrogen and oxygen atoms in total. The van der Waals surface area contributed by atoms with Crippen LogP contribution in [0.15, 0.2) is 0 Å². The summed E-state index contributed by atoms with van der Waals surface area (Å²) in [4.78, 5) is 13.3. The van der Waals surface area contributed by atoms with Crippen molar-refractivity contribution >= 4 is 5.91 Å². The van der Waals surface area contributed by atoms with Crippen molar-refractivity contribution in [3.8, 4) is 0 Å². The van der Waals surface area contributed by atoms with E-state index < -0.39 is 0 Å². The van der Waals surface area contributed by atoms with Crippen molar-refractivity contribution in [3.05, 3.63) is 0 Å². The van der Waals surface area contributed by atoms with Gasteiger partial charge in [0.15, 0.2) is 0 Å². The molecule has 2 aliphatic rings. The van der Waals surface area contributed by atoms with Crippen LogP contribution in [0.4, 0.5) is 0 Å². The number of amides is 1. The Hall–Kier alpha value is -0.570. The Balaban J connectivity index is 2.24. The van der Waals surface area contributed by atoms with E-state index in [-0.39, 0.29) is 18.1 Å². The number of nitrogens with zero attached hydrogens (tertiary/aromatic N) is 1. The summed E-state index contributed by atoms with van der Waals surface area (Å²) in [5.74, 6) is 0.581. The van der Waals surface area contributed by atoms with Crippen LogP contribution in [0.1, 0.15) is 26.2 Å². The molecule has 0 aromatic rings. The highest BCUT2D eigenvalue weighted by atomic mass is 16.3. The first-order valence-electron chi connectivity index (χ1n) is 4.60. The minimum Gasteiger partial charge on any atom is -0.396 e. The predicted octanol–water partition coefficient (Wildman–Crippen LogP) is 0.380. The van der Waals surface area contributed by atoms with Gasteiger partial charge in [0.1, 0.15) is 0 Å². The van der Waals surface area contributed by atoms with Gasteiger partial charge in [-0.2, -0.15) is 0 Å². The highest BCUT2D eigenvalue weighted by molar-refractivity contribution is 5.80. The van der Waals surface area contributed by atoms with Crippen LogP contribution in [0, 0.1) is 5.92 Å². The molecule has 0 aromatic carbocycles. The van der Waals surface area contributed by atoms with Gasteiger partial charge in [-0.15, -0.1) is 0 Å². The van der Waals surface area contributed by atoms with Crippen molar-refractivity contribution < 1.29 is 9.90 Å². The molecule has 2 fully saturated rings. The summed E-state index contributed by atoms with van der Waals surface area (Å²) in [6.07, 6.45) is 2.57. The molecule has 2 heterocycles. The van der Waals surface area contributed by atoms with E-state index in [2.05, 4.69) is 6.92 Å². The molecule has 1 N–H and O–H groups in total. The molecule has 0 bridgehead atoms. The first-order valence-corrected chi connectivity index (χ1v) is 4.60. The summed E-state index contributed by atoms with van der Waals surface area (Å²) in [7, 11) is 0. The summed E-state index contributed by atoms with van der Waals surface area (Å²) in [6.45, 7) is 3.17. The summed E-state index contributed by atoms with van der Waals surface area (Å²) >= 11 is 0. The molecule has 2 aliphatic heterocycles. The molecular formula is C9H15NO2. The van der Waals surface area contributed by atoms with Gasteiger partial charge in [-0.3, -0.25) is 4.79 Å². The van der Waals surface area contributed by atoms with Crippen LogP contribution in [0.2, 0.25) is 0 Å². The Kier molecular flexibility index (Phi) is 1.65. The normalized spacial score (nSPS) is 40.7. The van der Waals surface area contributed by atoms with E-state index in [9.17, 15) is 4.79 Å². The van der Waals surface area contributed by atoms with E-state index in [0.29, 0.717) is 12.3 Å². The molecule has 2 rings (SSSR count). The second kappa shape index (κ2) is 2.46. The van der Waals surface area contributed by atoms with Gasteiger partial charge in [-0.1, -0.05) is 0 Å². The number of hydrogen-bond acceptors (Lipinski definition) is 2. The summed E-state index contributed by atoms with van der Waals surface area (Å²) < 4.78 is 0. The molecule has 0 saturated carbocycles. The van der Waals surface area contributed by atoms with Gasteiger partial charge in [0.25, 0.3) is 0 Å². The maximum absolute atomic E-state index is 11.4. The van der Waals surface area contributed by atoms with Gasteiger partial charge in [-0.05, 0) is 19.8 Å². The van der Waals surface area contributed by atoms with Crippen LogP contribution >= 0.6 is 0 Å². The maximum Gasteiger partial charge on any atom is 0.223 e. The Bertz CT molecular complexity index is 217. The highest BCUT2D eigenvalue weighted by Crippen LogP contribution is 2.42. The Labute approximate surface area is 72.4 Å². The smallest absolute Gasteiger partial charge is 0.223 e. The zero-order valence-electron chi connectivity index (χ0n) is 7.42. The minimum absolute atomic E-state index is 0.0220. The van der Waals surface area contributed by atoms with Crippen LogP contribution in [0.3, 0.4) is 0 Å². The standard InChI is InChI=1S/C9H15NO2/c1-9-4-2-8(12)10(9)5-3-7(9)6-11/h7,11H,2-6H2,1H3/t7-,9-/m0/s1. The van der Waals surface area contributed by atoms with Gasteiger partial charge < -0.3 is 10.0 Å². The Morgan fingerprint density at radius 2 is 2.50 bits per heavy atom. The molecule has 2 atom stereocenters. The van der Waals surface area contributed by atoms with E-state index in [1.54, 1.807) is 0 Å². The number of carbonyl (C=O) groups excluding carboxylic acids is 1. The molecule has 0 radical (unpaired) electrons. The fourth-order valence-corrected chi connectivity index (χ4v) is 2.60. The summed E-state index contributed by atoms with van der Waals surface area (Å²) in [5, 5.41) is 9.13. The molecule has 12 heavy (non-hydrogen) atoms. The van der Waals surface area contributed by atoms with Crippen LogP contribution in [-0.4, -0.2) is 34.6 Å². The number of aliphatic hydroxyl groups is 1. The van der Waals surface area contributed by atoms with Gasteiger partial charge in [0, 0.05) is 31.0 Å². The molecule has 1 amide bonds. The number of rotatable bonds is 1. The third-order valence-corrected chi connectivity index (χ3v) is 3.56. The lowest BCUT2D eigenvalue weighted by atomic mass is 9.86. The van der Waals surface area contributed by atoms with Crippen LogP contribution in [0.5, 0.6) is 0 Å². The fraction of sp³-hybridized carbons (Fsp3) is 0.889. The zero-order chi connectivity index (χ0) is 8.77. The monoisotopic (exact) mass is 169 g/mol. The number of carbonyl (C=O) groups is 1. The van der Waals surface area contributed by atoms with Gasteiger partial charge in [-0.25, -0.2) is 0 Å². The summed E-state index contributed by atoms with van der Waals surface area (Å²) in [6, 6.07) is 0. The van der Waals surface area contributed by atoms with Crippen LogP contribution < -0.4 is 0 Å².